The van der Waals surface area contributed by atoms with Crippen molar-refractivity contribution in [3.63, 3.8) is 0 Å². The van der Waals surface area contributed by atoms with Gasteiger partial charge in [0, 0.05) is 32.0 Å². The van der Waals surface area contributed by atoms with Crippen molar-refractivity contribution in [1.82, 2.24) is 15.2 Å². The number of pyridine rings is 1. The summed E-state index contributed by atoms with van der Waals surface area (Å²) in [7, 11) is 0. The van der Waals surface area contributed by atoms with Crippen LogP contribution in [0.4, 0.5) is 0 Å². The predicted octanol–water partition coefficient (Wildman–Crippen LogP) is 0.984. The van der Waals surface area contributed by atoms with Crippen molar-refractivity contribution in [1.29, 1.82) is 0 Å². The highest BCUT2D eigenvalue weighted by Crippen LogP contribution is 2.11. The summed E-state index contributed by atoms with van der Waals surface area (Å²) in [5.41, 5.74) is 1.04. The second kappa shape index (κ2) is 6.05. The number of hydrogen-bond acceptors (Lipinski definition) is 5. The van der Waals surface area contributed by atoms with Crippen molar-refractivity contribution in [2.75, 3.05) is 13.1 Å². The van der Waals surface area contributed by atoms with E-state index in [9.17, 15) is 10.1 Å². The molecule has 1 N–H and O–H groups in total. The summed E-state index contributed by atoms with van der Waals surface area (Å²) in [6.45, 7) is 2.15. The van der Waals surface area contributed by atoms with Gasteiger partial charge in [-0.05, 0) is 11.6 Å². The van der Waals surface area contributed by atoms with Gasteiger partial charge in [0.15, 0.2) is 5.82 Å². The third-order valence-corrected chi connectivity index (χ3v) is 2.35. The molecular weight excluding hydrogens is 244 g/mol. The molecule has 17 heavy (non-hydrogen) atoms. The summed E-state index contributed by atoms with van der Waals surface area (Å²) in [4.78, 5) is 15.9. The summed E-state index contributed by atoms with van der Waals surface area (Å²) in [5, 5.41) is 13.4. The molecule has 0 unspecified atom stereocenters. The topological polar surface area (TPSA) is 71.3 Å². The fourth-order valence-corrected chi connectivity index (χ4v) is 1.65. The Morgan fingerprint density at radius 1 is 1.65 bits per heavy atom. The molecule has 0 bridgehead atoms. The lowest BCUT2D eigenvalue weighted by Crippen LogP contribution is -2.20. The predicted molar refractivity (Wildman–Crippen MR) is 65.0 cm³/mol. The molecular formula is C10H13ClN4O2. The van der Waals surface area contributed by atoms with Gasteiger partial charge in [-0.1, -0.05) is 6.07 Å². The molecule has 1 aromatic rings. The Morgan fingerprint density at radius 2 is 2.47 bits per heavy atom. The van der Waals surface area contributed by atoms with E-state index in [2.05, 4.69) is 10.3 Å². The molecule has 0 spiro atoms. The Balaban J connectivity index is 0.00000144. The summed E-state index contributed by atoms with van der Waals surface area (Å²) in [6, 6.07) is 3.81. The van der Waals surface area contributed by atoms with E-state index in [4.69, 9.17) is 0 Å². The van der Waals surface area contributed by atoms with Crippen molar-refractivity contribution in [3.8, 4) is 0 Å². The van der Waals surface area contributed by atoms with Crippen molar-refractivity contribution in [2.24, 2.45) is 0 Å². The van der Waals surface area contributed by atoms with Crippen molar-refractivity contribution < 1.29 is 4.92 Å². The Hall–Kier alpha value is -1.82. The first-order chi connectivity index (χ1) is 7.75. The van der Waals surface area contributed by atoms with Crippen LogP contribution >= 0.6 is 12.4 Å². The highest BCUT2D eigenvalue weighted by Gasteiger charge is 2.19. The number of nitrogens with one attached hydrogen (secondary N) is 1. The van der Waals surface area contributed by atoms with Gasteiger partial charge in [-0.2, -0.15) is 0 Å². The van der Waals surface area contributed by atoms with Crippen LogP contribution in [0.2, 0.25) is 0 Å². The van der Waals surface area contributed by atoms with E-state index in [1.54, 1.807) is 12.4 Å². The third kappa shape index (κ3) is 3.60. The first-order valence-corrected chi connectivity index (χ1v) is 4.99. The minimum Gasteiger partial charge on any atom is -0.365 e. The largest absolute Gasteiger partial charge is 0.365 e. The lowest BCUT2D eigenvalue weighted by molar-refractivity contribution is -0.404. The van der Waals surface area contributed by atoms with Crippen LogP contribution in [-0.2, 0) is 6.54 Å². The third-order valence-electron chi connectivity index (χ3n) is 2.35. The van der Waals surface area contributed by atoms with Crippen molar-refractivity contribution in [2.45, 2.75) is 6.54 Å². The molecule has 92 valence electrons. The maximum Gasteiger partial charge on any atom is 0.274 e. The average Bonchev–Trinajstić information content (AvgIpc) is 2.66. The molecule has 0 aromatic carbocycles. The lowest BCUT2D eigenvalue weighted by Gasteiger charge is -2.16. The normalized spacial score (nSPS) is 16.5. The first kappa shape index (κ1) is 13.2. The number of hydrogen-bond donors (Lipinski definition) is 1. The van der Waals surface area contributed by atoms with Crippen LogP contribution in [0.25, 0.3) is 0 Å². The summed E-state index contributed by atoms with van der Waals surface area (Å²) < 4.78 is 0. The summed E-state index contributed by atoms with van der Waals surface area (Å²) >= 11 is 0. The van der Waals surface area contributed by atoms with E-state index >= 15 is 0 Å². The van der Waals surface area contributed by atoms with Crippen LogP contribution in [-0.4, -0.2) is 27.9 Å². The lowest BCUT2D eigenvalue weighted by atomic mass is 10.3. The molecule has 0 amide bonds. The zero-order chi connectivity index (χ0) is 11.4. The van der Waals surface area contributed by atoms with E-state index < -0.39 is 4.92 Å². The van der Waals surface area contributed by atoms with Crippen molar-refractivity contribution >= 4 is 12.4 Å². The van der Waals surface area contributed by atoms with Crippen LogP contribution in [0, 0.1) is 10.1 Å². The fraction of sp³-hybridized carbons (Fsp3) is 0.300. The molecule has 0 saturated carbocycles. The minimum absolute atomic E-state index is 0. The number of aromatic nitrogens is 1. The van der Waals surface area contributed by atoms with E-state index in [1.165, 1.54) is 0 Å². The average molecular weight is 257 g/mol. The first-order valence-electron chi connectivity index (χ1n) is 4.99. The fourth-order valence-electron chi connectivity index (χ4n) is 1.65. The second-order valence-electron chi connectivity index (χ2n) is 3.51. The van der Waals surface area contributed by atoms with E-state index in [0.29, 0.717) is 12.4 Å². The van der Waals surface area contributed by atoms with Gasteiger partial charge in [0.1, 0.15) is 0 Å². The molecule has 0 radical (unpaired) electrons. The standard InChI is InChI=1S/C10H12N4O2.ClH/c15-14(16)8-10-12-4-5-13(10)7-9-2-1-3-11-6-9;/h1-3,6,8,12H,4-5,7H2;1H. The Labute approximate surface area is 105 Å². The molecule has 0 atom stereocenters. The van der Waals surface area contributed by atoms with Gasteiger partial charge in [-0.3, -0.25) is 15.1 Å². The second-order valence-corrected chi connectivity index (χ2v) is 3.51. The quantitative estimate of drug-likeness (QED) is 0.645. The Kier molecular flexibility index (Phi) is 4.71. The van der Waals surface area contributed by atoms with Gasteiger partial charge in [0.2, 0.25) is 0 Å². The van der Waals surface area contributed by atoms with Gasteiger partial charge in [0.05, 0.1) is 4.92 Å². The molecule has 1 aromatic heterocycles. The van der Waals surface area contributed by atoms with E-state index in [1.807, 2.05) is 17.0 Å². The molecule has 2 rings (SSSR count). The molecule has 1 aliphatic heterocycles. The zero-order valence-electron chi connectivity index (χ0n) is 9.07. The minimum atomic E-state index is -0.441. The van der Waals surface area contributed by atoms with Gasteiger partial charge >= 0.3 is 0 Å². The number of nitrogens with zero attached hydrogens (tertiary/aromatic N) is 3. The van der Waals surface area contributed by atoms with Gasteiger partial charge in [-0.25, -0.2) is 0 Å². The molecule has 2 heterocycles. The summed E-state index contributed by atoms with van der Waals surface area (Å²) in [6.07, 6.45) is 4.48. The number of rotatable bonds is 3. The van der Waals surface area contributed by atoms with Crippen LogP contribution in [0.5, 0.6) is 0 Å². The zero-order valence-corrected chi connectivity index (χ0v) is 9.89. The van der Waals surface area contributed by atoms with Gasteiger partial charge < -0.3 is 10.2 Å². The summed E-state index contributed by atoms with van der Waals surface area (Å²) in [5.74, 6) is 0.564. The SMILES string of the molecule is Cl.O=[N+]([O-])C=C1NCCN1Cc1cccnc1. The van der Waals surface area contributed by atoms with Gasteiger partial charge in [0.25, 0.3) is 6.20 Å². The maximum absolute atomic E-state index is 10.4. The maximum atomic E-state index is 10.4. The van der Waals surface area contributed by atoms with Gasteiger partial charge in [-0.15, -0.1) is 12.4 Å². The molecule has 1 fully saturated rings. The molecule has 6 nitrogen and oxygen atoms in total. The number of halogens is 1. The van der Waals surface area contributed by atoms with E-state index in [0.717, 1.165) is 24.9 Å². The van der Waals surface area contributed by atoms with Crippen LogP contribution in [0.3, 0.4) is 0 Å². The van der Waals surface area contributed by atoms with Crippen LogP contribution in [0.15, 0.2) is 36.5 Å². The van der Waals surface area contributed by atoms with E-state index in [-0.39, 0.29) is 12.4 Å². The highest BCUT2D eigenvalue weighted by atomic mass is 35.5. The Morgan fingerprint density at radius 3 is 3.12 bits per heavy atom. The Bertz CT molecular complexity index is 410. The number of nitro groups is 1. The molecule has 7 heteroatoms. The monoisotopic (exact) mass is 256 g/mol. The van der Waals surface area contributed by atoms with Crippen LogP contribution in [0.1, 0.15) is 5.56 Å². The molecule has 1 saturated heterocycles. The van der Waals surface area contributed by atoms with Crippen LogP contribution < -0.4 is 5.32 Å². The van der Waals surface area contributed by atoms with Crippen molar-refractivity contribution in [3.05, 3.63) is 52.2 Å². The highest BCUT2D eigenvalue weighted by molar-refractivity contribution is 5.85. The molecule has 1 aliphatic rings. The molecule has 0 aliphatic carbocycles. The smallest absolute Gasteiger partial charge is 0.274 e.